The van der Waals surface area contributed by atoms with Crippen LogP contribution in [0.2, 0.25) is 0 Å². The second-order valence-electron chi connectivity index (χ2n) is 5.57. The molecule has 116 valence electrons. The van der Waals surface area contributed by atoms with E-state index in [-0.39, 0.29) is 4.90 Å². The maximum atomic E-state index is 12.7. The summed E-state index contributed by atoms with van der Waals surface area (Å²) >= 11 is 0. The Bertz CT molecular complexity index is 589. The third-order valence-electron chi connectivity index (χ3n) is 4.32. The fourth-order valence-corrected chi connectivity index (χ4v) is 4.53. The minimum atomic E-state index is -3.46. The number of hydrazine groups is 1. The summed E-state index contributed by atoms with van der Waals surface area (Å²) in [5.74, 6) is 5.70. The van der Waals surface area contributed by atoms with Crippen LogP contribution in [-0.2, 0) is 10.0 Å². The molecule has 0 bridgehead atoms. The average molecular weight is 311 g/mol. The van der Waals surface area contributed by atoms with Crippen molar-refractivity contribution in [3.05, 3.63) is 18.3 Å². The predicted octanol–water partition coefficient (Wildman–Crippen LogP) is 0.226. The number of piperazine rings is 1. The molecule has 1 unspecified atom stereocenters. The molecule has 1 aromatic heterocycles. The van der Waals surface area contributed by atoms with Crippen LogP contribution in [0, 0.1) is 0 Å². The van der Waals surface area contributed by atoms with E-state index in [9.17, 15) is 8.42 Å². The molecule has 2 saturated heterocycles. The SMILES string of the molecule is NNc1ccc(S(=O)(=O)N2CCN3CCCCC3C2)cn1. The largest absolute Gasteiger partial charge is 0.308 e. The molecule has 8 heteroatoms. The molecule has 2 aliphatic heterocycles. The molecular weight excluding hydrogens is 290 g/mol. The highest BCUT2D eigenvalue weighted by molar-refractivity contribution is 7.89. The van der Waals surface area contributed by atoms with E-state index in [1.807, 2.05) is 0 Å². The van der Waals surface area contributed by atoms with E-state index in [2.05, 4.69) is 15.3 Å². The predicted molar refractivity (Wildman–Crippen MR) is 80.0 cm³/mol. The summed E-state index contributed by atoms with van der Waals surface area (Å²) in [6.45, 7) is 3.05. The van der Waals surface area contributed by atoms with Crippen LogP contribution in [0.25, 0.3) is 0 Å². The van der Waals surface area contributed by atoms with Crippen LogP contribution in [0.1, 0.15) is 19.3 Å². The monoisotopic (exact) mass is 311 g/mol. The number of sulfonamides is 1. The zero-order chi connectivity index (χ0) is 14.9. The van der Waals surface area contributed by atoms with Crippen molar-refractivity contribution in [2.24, 2.45) is 5.84 Å². The minimum absolute atomic E-state index is 0.228. The molecule has 3 N–H and O–H groups in total. The lowest BCUT2D eigenvalue weighted by Crippen LogP contribution is -2.56. The number of nitrogens with zero attached hydrogens (tertiary/aromatic N) is 3. The van der Waals surface area contributed by atoms with Gasteiger partial charge in [0, 0.05) is 31.9 Å². The van der Waals surface area contributed by atoms with Crippen molar-refractivity contribution < 1.29 is 8.42 Å². The lowest BCUT2D eigenvalue weighted by Gasteiger charge is -2.43. The van der Waals surface area contributed by atoms with Gasteiger partial charge < -0.3 is 5.43 Å². The molecule has 1 atom stereocenters. The highest BCUT2D eigenvalue weighted by Gasteiger charge is 2.35. The van der Waals surface area contributed by atoms with E-state index in [0.29, 0.717) is 24.9 Å². The molecule has 0 amide bonds. The van der Waals surface area contributed by atoms with Gasteiger partial charge in [-0.2, -0.15) is 4.31 Å². The number of nitrogens with two attached hydrogens (primary N) is 1. The van der Waals surface area contributed by atoms with Crippen molar-refractivity contribution in [3.63, 3.8) is 0 Å². The van der Waals surface area contributed by atoms with Crippen LogP contribution in [0.4, 0.5) is 5.82 Å². The summed E-state index contributed by atoms with van der Waals surface area (Å²) in [5, 5.41) is 0. The fourth-order valence-electron chi connectivity index (χ4n) is 3.11. The number of piperidine rings is 1. The van der Waals surface area contributed by atoms with Crippen molar-refractivity contribution >= 4 is 15.8 Å². The first-order chi connectivity index (χ1) is 10.1. The van der Waals surface area contributed by atoms with E-state index in [1.165, 1.54) is 19.0 Å². The molecule has 21 heavy (non-hydrogen) atoms. The second kappa shape index (κ2) is 5.88. The first-order valence-electron chi connectivity index (χ1n) is 7.28. The molecule has 7 nitrogen and oxygen atoms in total. The second-order valence-corrected chi connectivity index (χ2v) is 7.51. The normalized spacial score (nSPS) is 24.5. The van der Waals surface area contributed by atoms with Crippen molar-refractivity contribution in [1.82, 2.24) is 14.2 Å². The highest BCUT2D eigenvalue weighted by atomic mass is 32.2. The first kappa shape index (κ1) is 14.7. The number of hydrogen-bond donors (Lipinski definition) is 2. The average Bonchev–Trinajstić information content (AvgIpc) is 2.54. The molecular formula is C13H21N5O2S. The summed E-state index contributed by atoms with van der Waals surface area (Å²) in [6.07, 6.45) is 4.85. The number of anilines is 1. The van der Waals surface area contributed by atoms with Gasteiger partial charge in [-0.1, -0.05) is 6.42 Å². The third-order valence-corrected chi connectivity index (χ3v) is 6.17. The molecule has 1 aromatic rings. The molecule has 3 heterocycles. The highest BCUT2D eigenvalue weighted by Crippen LogP contribution is 2.25. The number of rotatable bonds is 3. The van der Waals surface area contributed by atoms with Crippen LogP contribution in [0.15, 0.2) is 23.2 Å². The quantitative estimate of drug-likeness (QED) is 0.613. The van der Waals surface area contributed by atoms with Crippen LogP contribution in [0.5, 0.6) is 0 Å². The fraction of sp³-hybridized carbons (Fsp3) is 0.615. The number of nitrogens with one attached hydrogen (secondary N) is 1. The molecule has 2 aliphatic rings. The van der Waals surface area contributed by atoms with E-state index in [1.54, 1.807) is 16.4 Å². The maximum absolute atomic E-state index is 12.7. The summed E-state index contributed by atoms with van der Waals surface area (Å²) in [7, 11) is -3.46. The zero-order valence-corrected chi connectivity index (χ0v) is 12.7. The van der Waals surface area contributed by atoms with Crippen molar-refractivity contribution in [2.45, 2.75) is 30.2 Å². The Labute approximate surface area is 125 Å². The maximum Gasteiger partial charge on any atom is 0.244 e. The molecule has 0 aromatic carbocycles. The van der Waals surface area contributed by atoms with Crippen molar-refractivity contribution in [1.29, 1.82) is 0 Å². The number of pyridine rings is 1. The van der Waals surface area contributed by atoms with Gasteiger partial charge in [0.05, 0.1) is 0 Å². The lowest BCUT2D eigenvalue weighted by molar-refractivity contribution is 0.0851. The van der Waals surface area contributed by atoms with Crippen LogP contribution in [-0.4, -0.2) is 54.8 Å². The standard InChI is InChI=1S/C13H21N5O2S/c14-16-13-5-4-12(9-15-13)21(19,20)18-8-7-17-6-2-1-3-11(17)10-18/h4-5,9,11H,1-3,6-8,10,14H2,(H,15,16). The van der Waals surface area contributed by atoms with Gasteiger partial charge in [-0.15, -0.1) is 0 Å². The molecule has 0 saturated carbocycles. The summed E-state index contributed by atoms with van der Waals surface area (Å²) in [6, 6.07) is 3.48. The van der Waals surface area contributed by atoms with E-state index >= 15 is 0 Å². The molecule has 0 aliphatic carbocycles. The Morgan fingerprint density at radius 3 is 2.81 bits per heavy atom. The Morgan fingerprint density at radius 1 is 1.24 bits per heavy atom. The molecule has 3 rings (SSSR count). The topological polar surface area (TPSA) is 91.6 Å². The van der Waals surface area contributed by atoms with Crippen molar-refractivity contribution in [3.8, 4) is 0 Å². The van der Waals surface area contributed by atoms with E-state index < -0.39 is 10.0 Å². The molecule has 0 spiro atoms. The summed E-state index contributed by atoms with van der Waals surface area (Å²) in [4.78, 5) is 6.63. The van der Waals surface area contributed by atoms with Gasteiger partial charge in [0.1, 0.15) is 10.7 Å². The zero-order valence-electron chi connectivity index (χ0n) is 11.9. The summed E-state index contributed by atoms with van der Waals surface area (Å²) in [5.41, 5.74) is 2.40. The molecule has 0 radical (unpaired) electrons. The van der Waals surface area contributed by atoms with Gasteiger partial charge in [0.2, 0.25) is 10.0 Å². The number of nitrogen functional groups attached to an aromatic ring is 1. The van der Waals surface area contributed by atoms with Gasteiger partial charge in [-0.05, 0) is 31.5 Å². The number of fused-ring (bicyclic) bond motifs is 1. The Balaban J connectivity index is 1.78. The van der Waals surface area contributed by atoms with Gasteiger partial charge in [0.25, 0.3) is 0 Å². The third kappa shape index (κ3) is 2.89. The smallest absolute Gasteiger partial charge is 0.244 e. The number of hydrogen-bond acceptors (Lipinski definition) is 6. The van der Waals surface area contributed by atoms with Crippen molar-refractivity contribution in [2.75, 3.05) is 31.6 Å². The first-order valence-corrected chi connectivity index (χ1v) is 8.72. The van der Waals surface area contributed by atoms with Crippen LogP contribution < -0.4 is 11.3 Å². The Hall–Kier alpha value is -1.22. The minimum Gasteiger partial charge on any atom is -0.308 e. The van der Waals surface area contributed by atoms with Crippen LogP contribution in [0.3, 0.4) is 0 Å². The molecule has 2 fully saturated rings. The van der Waals surface area contributed by atoms with Gasteiger partial charge in [0.15, 0.2) is 0 Å². The van der Waals surface area contributed by atoms with Gasteiger partial charge >= 0.3 is 0 Å². The van der Waals surface area contributed by atoms with E-state index in [0.717, 1.165) is 19.5 Å². The van der Waals surface area contributed by atoms with E-state index in [4.69, 9.17) is 5.84 Å². The summed E-state index contributed by atoms with van der Waals surface area (Å²) < 4.78 is 26.9. The Morgan fingerprint density at radius 2 is 2.10 bits per heavy atom. The number of aromatic nitrogens is 1. The lowest BCUT2D eigenvalue weighted by atomic mass is 10.0. The van der Waals surface area contributed by atoms with Gasteiger partial charge in [-0.25, -0.2) is 19.2 Å². The Kier molecular flexibility index (Phi) is 4.12. The van der Waals surface area contributed by atoms with Gasteiger partial charge in [-0.3, -0.25) is 4.90 Å². The van der Waals surface area contributed by atoms with Crippen LogP contribution >= 0.6 is 0 Å².